The molecule has 0 aromatic rings. The predicted octanol–water partition coefficient (Wildman–Crippen LogP) is 1.12. The molecule has 0 saturated heterocycles. The molecule has 0 bridgehead atoms. The van der Waals surface area contributed by atoms with Crippen molar-refractivity contribution in [2.24, 2.45) is 5.16 Å². The van der Waals surface area contributed by atoms with Gasteiger partial charge in [0, 0.05) is 6.42 Å². The summed E-state index contributed by atoms with van der Waals surface area (Å²) in [5.74, 6) is 0. The number of alkyl halides is 1. The van der Waals surface area contributed by atoms with Crippen LogP contribution in [0.4, 0.5) is 4.39 Å². The maximum absolute atomic E-state index is 11.7. The summed E-state index contributed by atoms with van der Waals surface area (Å²) in [7, 11) is 0. The lowest BCUT2D eigenvalue weighted by Gasteiger charge is -1.97. The van der Waals surface area contributed by atoms with Crippen LogP contribution in [0, 0.1) is 0 Å². The van der Waals surface area contributed by atoms with E-state index in [-0.39, 0.29) is 6.10 Å². The molecule has 0 radical (unpaired) electrons. The van der Waals surface area contributed by atoms with Crippen molar-refractivity contribution in [2.45, 2.75) is 19.4 Å². The smallest absolute Gasteiger partial charge is 0.161 e. The molecule has 0 amide bonds. The van der Waals surface area contributed by atoms with E-state index in [9.17, 15) is 4.39 Å². The zero-order valence-corrected chi connectivity index (χ0v) is 4.72. The van der Waals surface area contributed by atoms with Crippen LogP contribution in [0.3, 0.4) is 0 Å². The topological polar surface area (TPSA) is 21.6 Å². The molecular weight excluding hydrogens is 109 g/mol. The average molecular weight is 117 g/mol. The first-order valence-corrected chi connectivity index (χ1v) is 2.58. The zero-order valence-electron chi connectivity index (χ0n) is 4.72. The summed E-state index contributed by atoms with van der Waals surface area (Å²) in [5.41, 5.74) is 0.882. The second-order valence-electron chi connectivity index (χ2n) is 1.91. The number of hydrogen-bond donors (Lipinski definition) is 0. The van der Waals surface area contributed by atoms with E-state index in [1.165, 1.54) is 0 Å². The first-order chi connectivity index (χ1) is 3.83. The predicted molar refractivity (Wildman–Crippen MR) is 28.6 cm³/mol. The van der Waals surface area contributed by atoms with Gasteiger partial charge in [0.2, 0.25) is 0 Å². The third-order valence-corrected chi connectivity index (χ3v) is 1.05. The Morgan fingerprint density at radius 3 is 3.00 bits per heavy atom. The molecule has 1 aliphatic rings. The van der Waals surface area contributed by atoms with Gasteiger partial charge in [-0.1, -0.05) is 5.16 Å². The molecule has 1 atom stereocenters. The van der Waals surface area contributed by atoms with Crippen molar-refractivity contribution in [3.05, 3.63) is 0 Å². The second kappa shape index (κ2) is 2.11. The van der Waals surface area contributed by atoms with Crippen LogP contribution in [-0.2, 0) is 4.84 Å². The second-order valence-corrected chi connectivity index (χ2v) is 1.91. The van der Waals surface area contributed by atoms with Crippen LogP contribution in [0.5, 0.6) is 0 Å². The molecule has 2 nitrogen and oxygen atoms in total. The van der Waals surface area contributed by atoms with Gasteiger partial charge in [0.05, 0.1) is 5.71 Å². The molecule has 8 heavy (non-hydrogen) atoms. The molecule has 0 aromatic heterocycles. The Labute approximate surface area is 47.3 Å². The number of halogens is 1. The minimum absolute atomic E-state index is 0.296. The zero-order chi connectivity index (χ0) is 5.98. The van der Waals surface area contributed by atoms with E-state index in [4.69, 9.17) is 0 Å². The van der Waals surface area contributed by atoms with E-state index in [1.807, 2.05) is 6.92 Å². The van der Waals surface area contributed by atoms with Crippen molar-refractivity contribution < 1.29 is 9.23 Å². The molecule has 1 heterocycles. The summed E-state index contributed by atoms with van der Waals surface area (Å²) in [6.45, 7) is 1.40. The fourth-order valence-corrected chi connectivity index (χ4v) is 0.651. The van der Waals surface area contributed by atoms with E-state index >= 15 is 0 Å². The fourth-order valence-electron chi connectivity index (χ4n) is 0.651. The monoisotopic (exact) mass is 117 g/mol. The van der Waals surface area contributed by atoms with Crippen LogP contribution >= 0.6 is 0 Å². The van der Waals surface area contributed by atoms with Crippen molar-refractivity contribution >= 4 is 5.71 Å². The van der Waals surface area contributed by atoms with Crippen LogP contribution in [0.2, 0.25) is 0 Å². The minimum atomic E-state index is -0.430. The Hall–Kier alpha value is -0.600. The molecule has 1 rings (SSSR count). The Morgan fingerprint density at radius 1 is 2.00 bits per heavy atom. The minimum Gasteiger partial charge on any atom is -0.389 e. The largest absolute Gasteiger partial charge is 0.389 e. The Kier molecular flexibility index (Phi) is 1.46. The summed E-state index contributed by atoms with van der Waals surface area (Å²) in [6.07, 6.45) is 0.353. The lowest BCUT2D eigenvalue weighted by molar-refractivity contribution is 0.0656. The third kappa shape index (κ3) is 0.967. The van der Waals surface area contributed by atoms with E-state index < -0.39 is 6.67 Å². The molecule has 46 valence electrons. The van der Waals surface area contributed by atoms with Crippen LogP contribution in [0.1, 0.15) is 13.3 Å². The Balaban J connectivity index is 2.32. The lowest BCUT2D eigenvalue weighted by Crippen LogP contribution is -2.08. The van der Waals surface area contributed by atoms with Gasteiger partial charge in [-0.25, -0.2) is 4.39 Å². The maximum atomic E-state index is 11.7. The van der Waals surface area contributed by atoms with Gasteiger partial charge in [0.1, 0.15) is 6.67 Å². The van der Waals surface area contributed by atoms with Crippen molar-refractivity contribution in [3.63, 3.8) is 0 Å². The molecular formula is C5H8FNO. The highest BCUT2D eigenvalue weighted by Gasteiger charge is 2.16. The highest BCUT2D eigenvalue weighted by Crippen LogP contribution is 2.09. The first-order valence-electron chi connectivity index (χ1n) is 2.58. The Bertz CT molecular complexity index is 113. The molecule has 0 N–H and O–H groups in total. The molecule has 1 aliphatic heterocycles. The highest BCUT2D eigenvalue weighted by molar-refractivity contribution is 5.82. The van der Waals surface area contributed by atoms with Crippen LogP contribution in [0.15, 0.2) is 5.16 Å². The fraction of sp³-hybridized carbons (Fsp3) is 0.800. The number of hydrogen-bond acceptors (Lipinski definition) is 2. The van der Waals surface area contributed by atoms with Gasteiger partial charge in [-0.15, -0.1) is 0 Å². The van der Waals surface area contributed by atoms with Gasteiger partial charge in [-0.2, -0.15) is 0 Å². The van der Waals surface area contributed by atoms with E-state index in [0.717, 1.165) is 5.71 Å². The SMILES string of the molecule is CC1=NO[C@H](CF)C1. The van der Waals surface area contributed by atoms with Crippen LogP contribution in [-0.4, -0.2) is 18.5 Å². The summed E-state index contributed by atoms with van der Waals surface area (Å²) in [4.78, 5) is 4.63. The first kappa shape index (κ1) is 5.54. The number of oxime groups is 1. The standard InChI is InChI=1S/C5H8FNO/c1-4-2-5(3-6)8-7-4/h5H,2-3H2,1H3/t5-/m0/s1. The Morgan fingerprint density at radius 2 is 2.75 bits per heavy atom. The van der Waals surface area contributed by atoms with Gasteiger partial charge in [-0.05, 0) is 6.92 Å². The van der Waals surface area contributed by atoms with Gasteiger partial charge in [0.25, 0.3) is 0 Å². The molecule has 0 saturated carbocycles. The summed E-state index contributed by atoms with van der Waals surface area (Å²) >= 11 is 0. The normalized spacial score (nSPS) is 27.2. The highest BCUT2D eigenvalue weighted by atomic mass is 19.1. The third-order valence-electron chi connectivity index (χ3n) is 1.05. The van der Waals surface area contributed by atoms with Crippen molar-refractivity contribution in [1.82, 2.24) is 0 Å². The molecule has 0 aromatic carbocycles. The van der Waals surface area contributed by atoms with Gasteiger partial charge >= 0.3 is 0 Å². The van der Waals surface area contributed by atoms with E-state index in [1.54, 1.807) is 0 Å². The van der Waals surface area contributed by atoms with Crippen molar-refractivity contribution in [1.29, 1.82) is 0 Å². The quantitative estimate of drug-likeness (QED) is 0.504. The van der Waals surface area contributed by atoms with Gasteiger partial charge in [0.15, 0.2) is 6.10 Å². The average Bonchev–Trinajstić information content (AvgIpc) is 2.14. The number of nitrogens with zero attached hydrogens (tertiary/aromatic N) is 1. The number of rotatable bonds is 1. The molecule has 0 aliphatic carbocycles. The van der Waals surface area contributed by atoms with Gasteiger partial charge < -0.3 is 4.84 Å². The molecule has 0 spiro atoms. The molecule has 3 heteroatoms. The van der Waals surface area contributed by atoms with Crippen LogP contribution < -0.4 is 0 Å². The van der Waals surface area contributed by atoms with Crippen molar-refractivity contribution in [3.8, 4) is 0 Å². The molecule has 0 fully saturated rings. The lowest BCUT2D eigenvalue weighted by atomic mass is 10.2. The summed E-state index contributed by atoms with van der Waals surface area (Å²) in [6, 6.07) is 0. The van der Waals surface area contributed by atoms with Crippen LogP contribution in [0.25, 0.3) is 0 Å². The summed E-state index contributed by atoms with van der Waals surface area (Å²) < 4.78 is 11.7. The summed E-state index contributed by atoms with van der Waals surface area (Å²) in [5, 5.41) is 3.57. The van der Waals surface area contributed by atoms with Gasteiger partial charge in [-0.3, -0.25) is 0 Å². The van der Waals surface area contributed by atoms with E-state index in [0.29, 0.717) is 6.42 Å². The molecule has 0 unspecified atom stereocenters. The van der Waals surface area contributed by atoms with E-state index in [2.05, 4.69) is 9.99 Å². The van der Waals surface area contributed by atoms with Crippen molar-refractivity contribution in [2.75, 3.05) is 6.67 Å². The maximum Gasteiger partial charge on any atom is 0.161 e.